The Hall–Kier alpha value is -1.13. The third kappa shape index (κ3) is 1.47. The Balaban J connectivity index is 2.48. The molecule has 0 atom stereocenters. The Labute approximate surface area is 85.3 Å². The Morgan fingerprint density at radius 3 is 2.64 bits per heavy atom. The van der Waals surface area contributed by atoms with Gasteiger partial charge >= 0.3 is 0 Å². The predicted octanol–water partition coefficient (Wildman–Crippen LogP) is 2.23. The average Bonchev–Trinajstić information content (AvgIpc) is 2.85. The Kier molecular flexibility index (Phi) is 1.97. The van der Waals surface area contributed by atoms with Crippen molar-refractivity contribution in [3.8, 4) is 0 Å². The molecule has 5 heteroatoms. The van der Waals surface area contributed by atoms with Crippen molar-refractivity contribution in [1.82, 2.24) is 0 Å². The van der Waals surface area contributed by atoms with Crippen LogP contribution in [0.4, 0.5) is 5.69 Å². The van der Waals surface area contributed by atoms with Gasteiger partial charge in [-0.25, -0.2) is 0 Å². The minimum absolute atomic E-state index is 0.0373. The highest BCUT2D eigenvalue weighted by atomic mass is 35.5. The van der Waals surface area contributed by atoms with E-state index < -0.39 is 10.5 Å². The number of halogens is 1. The lowest BCUT2D eigenvalue weighted by Crippen LogP contribution is -2.05. The number of rotatable bonds is 2. The number of non-ortho nitro benzene ring substituents is 1. The van der Waals surface area contributed by atoms with E-state index in [0.717, 1.165) is 0 Å². The molecule has 0 aliphatic heterocycles. The molecule has 0 heterocycles. The van der Waals surface area contributed by atoms with E-state index in [-0.39, 0.29) is 5.69 Å². The van der Waals surface area contributed by atoms with Gasteiger partial charge in [-0.3, -0.25) is 10.1 Å². The summed E-state index contributed by atoms with van der Waals surface area (Å²) < 4.78 is 0. The number of hydrogen-bond acceptors (Lipinski definition) is 3. The molecule has 0 spiro atoms. The van der Waals surface area contributed by atoms with Gasteiger partial charge in [0.25, 0.3) is 5.69 Å². The first kappa shape index (κ1) is 9.43. The summed E-state index contributed by atoms with van der Waals surface area (Å²) in [5.41, 5.74) is -0.499. The number of nitro groups is 1. The van der Waals surface area contributed by atoms with E-state index in [9.17, 15) is 15.2 Å². The molecule has 1 N–H and O–H groups in total. The quantitative estimate of drug-likeness (QED) is 0.605. The van der Waals surface area contributed by atoms with Crippen molar-refractivity contribution >= 4 is 17.3 Å². The van der Waals surface area contributed by atoms with Crippen LogP contribution in [0.3, 0.4) is 0 Å². The number of nitro benzene ring substituents is 1. The van der Waals surface area contributed by atoms with Crippen LogP contribution in [-0.2, 0) is 5.60 Å². The van der Waals surface area contributed by atoms with Crippen LogP contribution in [0, 0.1) is 10.1 Å². The summed E-state index contributed by atoms with van der Waals surface area (Å²) in [7, 11) is 0. The normalized spacial score (nSPS) is 17.9. The van der Waals surface area contributed by atoms with Crippen molar-refractivity contribution in [3.05, 3.63) is 38.9 Å². The molecule has 0 aromatic heterocycles. The van der Waals surface area contributed by atoms with Gasteiger partial charge in [-0.05, 0) is 18.9 Å². The maximum atomic E-state index is 10.5. The monoisotopic (exact) mass is 213 g/mol. The van der Waals surface area contributed by atoms with E-state index in [2.05, 4.69) is 0 Å². The fourth-order valence-corrected chi connectivity index (χ4v) is 1.66. The third-order valence-corrected chi connectivity index (χ3v) is 2.72. The summed E-state index contributed by atoms with van der Waals surface area (Å²) in [5, 5.41) is 20.7. The minimum atomic E-state index is -0.927. The molecule has 4 nitrogen and oxygen atoms in total. The Bertz CT molecular complexity index is 401. The van der Waals surface area contributed by atoms with Crippen molar-refractivity contribution in [2.75, 3.05) is 0 Å². The maximum absolute atomic E-state index is 10.5. The lowest BCUT2D eigenvalue weighted by atomic mass is 10.1. The molecule has 1 saturated carbocycles. The molecule has 0 amide bonds. The SMILES string of the molecule is O=[N+]([O-])c1ccc(Cl)c(C2(O)CC2)c1. The maximum Gasteiger partial charge on any atom is 0.269 e. The van der Waals surface area contributed by atoms with Gasteiger partial charge in [0, 0.05) is 22.7 Å². The first-order valence-electron chi connectivity index (χ1n) is 4.20. The first-order valence-corrected chi connectivity index (χ1v) is 4.57. The predicted molar refractivity (Wildman–Crippen MR) is 51.2 cm³/mol. The lowest BCUT2D eigenvalue weighted by Gasteiger charge is -2.09. The number of benzene rings is 1. The van der Waals surface area contributed by atoms with Crippen LogP contribution in [0.2, 0.25) is 5.02 Å². The van der Waals surface area contributed by atoms with Crippen molar-refractivity contribution in [1.29, 1.82) is 0 Å². The van der Waals surface area contributed by atoms with E-state index in [1.165, 1.54) is 18.2 Å². The van der Waals surface area contributed by atoms with Crippen molar-refractivity contribution in [2.24, 2.45) is 0 Å². The summed E-state index contributed by atoms with van der Waals surface area (Å²) in [5.74, 6) is 0. The van der Waals surface area contributed by atoms with Crippen LogP contribution in [0.25, 0.3) is 0 Å². The van der Waals surface area contributed by atoms with Gasteiger partial charge in [0.15, 0.2) is 0 Å². The van der Waals surface area contributed by atoms with E-state index in [0.29, 0.717) is 23.4 Å². The summed E-state index contributed by atoms with van der Waals surface area (Å²) in [6.07, 6.45) is 1.24. The van der Waals surface area contributed by atoms with Crippen LogP contribution in [-0.4, -0.2) is 10.0 Å². The molecule has 0 bridgehead atoms. The van der Waals surface area contributed by atoms with E-state index in [1.54, 1.807) is 0 Å². The zero-order valence-corrected chi connectivity index (χ0v) is 7.99. The molecule has 74 valence electrons. The number of hydrogen-bond donors (Lipinski definition) is 1. The highest BCUT2D eigenvalue weighted by Crippen LogP contribution is 2.48. The molecule has 14 heavy (non-hydrogen) atoms. The molecule has 1 fully saturated rings. The van der Waals surface area contributed by atoms with Crippen LogP contribution in [0.5, 0.6) is 0 Å². The standard InChI is InChI=1S/C9H8ClNO3/c10-8-2-1-6(11(13)14)5-7(8)9(12)3-4-9/h1-2,5,12H,3-4H2. The number of aliphatic hydroxyl groups is 1. The van der Waals surface area contributed by atoms with Crippen LogP contribution in [0.15, 0.2) is 18.2 Å². The summed E-state index contributed by atoms with van der Waals surface area (Å²) in [6, 6.07) is 4.12. The fourth-order valence-electron chi connectivity index (χ4n) is 1.37. The molecular formula is C9H8ClNO3. The first-order chi connectivity index (χ1) is 6.53. The lowest BCUT2D eigenvalue weighted by molar-refractivity contribution is -0.385. The van der Waals surface area contributed by atoms with E-state index in [4.69, 9.17) is 11.6 Å². The Morgan fingerprint density at radius 2 is 2.14 bits per heavy atom. The van der Waals surface area contributed by atoms with Gasteiger partial charge < -0.3 is 5.11 Å². The van der Waals surface area contributed by atoms with Crippen LogP contribution < -0.4 is 0 Å². The highest BCUT2D eigenvalue weighted by molar-refractivity contribution is 6.31. The summed E-state index contributed by atoms with van der Waals surface area (Å²) in [6.45, 7) is 0. The van der Waals surface area contributed by atoms with E-state index in [1.807, 2.05) is 0 Å². The minimum Gasteiger partial charge on any atom is -0.385 e. The third-order valence-electron chi connectivity index (χ3n) is 2.39. The summed E-state index contributed by atoms with van der Waals surface area (Å²) >= 11 is 5.84. The Morgan fingerprint density at radius 1 is 1.50 bits per heavy atom. The van der Waals surface area contributed by atoms with Gasteiger partial charge in [-0.15, -0.1) is 0 Å². The molecule has 0 saturated heterocycles. The van der Waals surface area contributed by atoms with Gasteiger partial charge in [0.05, 0.1) is 10.5 Å². The van der Waals surface area contributed by atoms with Crippen molar-refractivity contribution in [3.63, 3.8) is 0 Å². The molecule has 1 aliphatic carbocycles. The molecule has 0 unspecified atom stereocenters. The van der Waals surface area contributed by atoms with Crippen LogP contribution in [0.1, 0.15) is 18.4 Å². The number of nitrogens with zero attached hydrogens (tertiary/aromatic N) is 1. The molecule has 1 aliphatic rings. The topological polar surface area (TPSA) is 63.4 Å². The van der Waals surface area contributed by atoms with Gasteiger partial charge in [-0.2, -0.15) is 0 Å². The van der Waals surface area contributed by atoms with Crippen LogP contribution >= 0.6 is 11.6 Å². The zero-order valence-electron chi connectivity index (χ0n) is 7.24. The highest BCUT2D eigenvalue weighted by Gasteiger charge is 2.44. The second kappa shape index (κ2) is 2.93. The van der Waals surface area contributed by atoms with E-state index >= 15 is 0 Å². The fraction of sp³-hybridized carbons (Fsp3) is 0.333. The zero-order chi connectivity index (χ0) is 10.3. The van der Waals surface area contributed by atoms with Crippen molar-refractivity contribution in [2.45, 2.75) is 18.4 Å². The van der Waals surface area contributed by atoms with Gasteiger partial charge in [-0.1, -0.05) is 11.6 Å². The molecule has 1 aromatic rings. The largest absolute Gasteiger partial charge is 0.385 e. The smallest absolute Gasteiger partial charge is 0.269 e. The molecule has 0 radical (unpaired) electrons. The molecular weight excluding hydrogens is 206 g/mol. The summed E-state index contributed by atoms with van der Waals surface area (Å²) in [4.78, 5) is 10.00. The molecule has 1 aromatic carbocycles. The average molecular weight is 214 g/mol. The second-order valence-corrected chi connectivity index (χ2v) is 3.86. The van der Waals surface area contributed by atoms with Gasteiger partial charge in [0.2, 0.25) is 0 Å². The molecule has 2 rings (SSSR count). The second-order valence-electron chi connectivity index (χ2n) is 3.45. The van der Waals surface area contributed by atoms with Crippen molar-refractivity contribution < 1.29 is 10.0 Å². The van der Waals surface area contributed by atoms with Gasteiger partial charge in [0.1, 0.15) is 0 Å².